The molecular formula is C17H13N3O2. The monoisotopic (exact) mass is 291 g/mol. The molecule has 4 aromatic rings. The fourth-order valence-electron chi connectivity index (χ4n) is 2.50. The van der Waals surface area contributed by atoms with Crippen LogP contribution < -0.4 is 5.32 Å². The highest BCUT2D eigenvalue weighted by molar-refractivity contribution is 6.05. The number of para-hydroxylation sites is 1. The molecule has 0 saturated heterocycles. The number of anilines is 1. The number of aryl methyl sites for hydroxylation is 1. The number of amides is 1. The van der Waals surface area contributed by atoms with E-state index in [1.807, 2.05) is 54.1 Å². The number of furan rings is 1. The molecule has 2 aromatic carbocycles. The first-order chi connectivity index (χ1) is 10.7. The van der Waals surface area contributed by atoms with Crippen molar-refractivity contribution in [2.75, 3.05) is 5.32 Å². The van der Waals surface area contributed by atoms with E-state index in [0.29, 0.717) is 17.0 Å². The zero-order valence-corrected chi connectivity index (χ0v) is 11.9. The van der Waals surface area contributed by atoms with Crippen molar-refractivity contribution in [1.82, 2.24) is 9.55 Å². The summed E-state index contributed by atoms with van der Waals surface area (Å²) in [7, 11) is 1.93. The first kappa shape index (κ1) is 12.6. The lowest BCUT2D eigenvalue weighted by molar-refractivity contribution is 0.0998. The predicted octanol–water partition coefficient (Wildman–Crippen LogP) is 3.57. The molecule has 22 heavy (non-hydrogen) atoms. The van der Waals surface area contributed by atoms with Gasteiger partial charge in [0.1, 0.15) is 5.58 Å². The van der Waals surface area contributed by atoms with Gasteiger partial charge in [-0.05, 0) is 30.3 Å². The second kappa shape index (κ2) is 4.73. The molecule has 0 aliphatic rings. The van der Waals surface area contributed by atoms with Gasteiger partial charge in [-0.15, -0.1) is 0 Å². The van der Waals surface area contributed by atoms with Crippen LogP contribution >= 0.6 is 0 Å². The van der Waals surface area contributed by atoms with Crippen LogP contribution in [0.4, 0.5) is 5.69 Å². The van der Waals surface area contributed by atoms with Crippen LogP contribution in [-0.2, 0) is 7.05 Å². The standard InChI is InChI=1S/C17H13N3O2/c1-20-10-18-13-9-12(6-7-14(13)20)19-17(21)16-8-11-4-2-3-5-15(11)22-16/h2-10H,1H3,(H,19,21). The summed E-state index contributed by atoms with van der Waals surface area (Å²) < 4.78 is 7.49. The summed E-state index contributed by atoms with van der Waals surface area (Å²) in [6, 6.07) is 14.9. The summed E-state index contributed by atoms with van der Waals surface area (Å²) in [5.41, 5.74) is 3.25. The second-order valence-electron chi connectivity index (χ2n) is 5.16. The molecule has 0 aliphatic heterocycles. The summed E-state index contributed by atoms with van der Waals surface area (Å²) >= 11 is 0. The maximum Gasteiger partial charge on any atom is 0.291 e. The summed E-state index contributed by atoms with van der Waals surface area (Å²) in [4.78, 5) is 16.6. The van der Waals surface area contributed by atoms with E-state index in [-0.39, 0.29) is 5.91 Å². The van der Waals surface area contributed by atoms with Crippen LogP contribution in [-0.4, -0.2) is 15.5 Å². The molecule has 0 radical (unpaired) electrons. The molecule has 0 fully saturated rings. The summed E-state index contributed by atoms with van der Waals surface area (Å²) in [6.45, 7) is 0. The van der Waals surface area contributed by atoms with Gasteiger partial charge < -0.3 is 14.3 Å². The van der Waals surface area contributed by atoms with Crippen LogP contribution in [0.15, 0.2) is 59.3 Å². The van der Waals surface area contributed by atoms with Crippen molar-refractivity contribution in [2.24, 2.45) is 7.05 Å². The predicted molar refractivity (Wildman–Crippen MR) is 84.9 cm³/mol. The van der Waals surface area contributed by atoms with E-state index in [1.165, 1.54) is 0 Å². The molecule has 5 nitrogen and oxygen atoms in total. The van der Waals surface area contributed by atoms with E-state index >= 15 is 0 Å². The average molecular weight is 291 g/mol. The highest BCUT2D eigenvalue weighted by Crippen LogP contribution is 2.21. The first-order valence-electron chi connectivity index (χ1n) is 6.92. The van der Waals surface area contributed by atoms with E-state index in [1.54, 1.807) is 12.4 Å². The molecule has 2 aromatic heterocycles. The molecule has 0 spiro atoms. The van der Waals surface area contributed by atoms with Gasteiger partial charge in [-0.1, -0.05) is 18.2 Å². The van der Waals surface area contributed by atoms with Gasteiger partial charge in [-0.3, -0.25) is 4.79 Å². The second-order valence-corrected chi connectivity index (χ2v) is 5.16. The smallest absolute Gasteiger partial charge is 0.291 e. The topological polar surface area (TPSA) is 60.1 Å². The van der Waals surface area contributed by atoms with Crippen molar-refractivity contribution >= 4 is 33.6 Å². The van der Waals surface area contributed by atoms with E-state index in [4.69, 9.17) is 4.42 Å². The van der Waals surface area contributed by atoms with Crippen molar-refractivity contribution in [3.63, 3.8) is 0 Å². The number of carbonyl (C=O) groups excluding carboxylic acids is 1. The normalized spacial score (nSPS) is 11.1. The van der Waals surface area contributed by atoms with Gasteiger partial charge in [0, 0.05) is 18.1 Å². The van der Waals surface area contributed by atoms with E-state index < -0.39 is 0 Å². The number of rotatable bonds is 2. The highest BCUT2D eigenvalue weighted by Gasteiger charge is 2.12. The SMILES string of the molecule is Cn1cnc2cc(NC(=O)c3cc4ccccc4o3)ccc21. The first-order valence-corrected chi connectivity index (χ1v) is 6.92. The number of carbonyl (C=O) groups is 1. The summed E-state index contributed by atoms with van der Waals surface area (Å²) in [6.07, 6.45) is 1.75. The van der Waals surface area contributed by atoms with Crippen molar-refractivity contribution in [3.8, 4) is 0 Å². The van der Waals surface area contributed by atoms with Crippen molar-refractivity contribution < 1.29 is 9.21 Å². The maximum absolute atomic E-state index is 12.3. The quantitative estimate of drug-likeness (QED) is 0.614. The van der Waals surface area contributed by atoms with Gasteiger partial charge in [0.15, 0.2) is 5.76 Å². The Balaban J connectivity index is 1.64. The minimum absolute atomic E-state index is 0.272. The van der Waals surface area contributed by atoms with Gasteiger partial charge in [0.2, 0.25) is 0 Å². The molecule has 108 valence electrons. The Morgan fingerprint density at radius 3 is 2.91 bits per heavy atom. The minimum atomic E-state index is -0.272. The van der Waals surface area contributed by atoms with Crippen LogP contribution in [0.25, 0.3) is 22.0 Å². The summed E-state index contributed by atoms with van der Waals surface area (Å²) in [5, 5.41) is 3.75. The fraction of sp³-hybridized carbons (Fsp3) is 0.0588. The Morgan fingerprint density at radius 2 is 2.05 bits per heavy atom. The van der Waals surface area contributed by atoms with Crippen LogP contribution in [0.1, 0.15) is 10.6 Å². The molecule has 4 rings (SSSR count). The molecule has 2 heterocycles. The Labute approximate surface area is 126 Å². The third kappa shape index (κ3) is 2.03. The zero-order chi connectivity index (χ0) is 15.1. The molecule has 1 N–H and O–H groups in total. The van der Waals surface area contributed by atoms with Crippen molar-refractivity contribution in [1.29, 1.82) is 0 Å². The van der Waals surface area contributed by atoms with Gasteiger partial charge in [0.05, 0.1) is 17.4 Å². The molecule has 1 amide bonds. The molecule has 5 heteroatoms. The molecule has 0 atom stereocenters. The van der Waals surface area contributed by atoms with Crippen LogP contribution in [0, 0.1) is 0 Å². The molecule has 0 bridgehead atoms. The van der Waals surface area contributed by atoms with Gasteiger partial charge >= 0.3 is 0 Å². The molecule has 0 aliphatic carbocycles. The fourth-order valence-corrected chi connectivity index (χ4v) is 2.50. The Hall–Kier alpha value is -3.08. The molecular weight excluding hydrogens is 278 g/mol. The Kier molecular flexibility index (Phi) is 2.72. The number of hydrogen-bond acceptors (Lipinski definition) is 3. The number of fused-ring (bicyclic) bond motifs is 2. The lowest BCUT2D eigenvalue weighted by atomic mass is 10.2. The number of nitrogens with one attached hydrogen (secondary N) is 1. The maximum atomic E-state index is 12.3. The zero-order valence-electron chi connectivity index (χ0n) is 11.9. The minimum Gasteiger partial charge on any atom is -0.451 e. The Morgan fingerprint density at radius 1 is 1.18 bits per heavy atom. The largest absolute Gasteiger partial charge is 0.451 e. The number of benzene rings is 2. The average Bonchev–Trinajstić information content (AvgIpc) is 3.11. The van der Waals surface area contributed by atoms with E-state index in [2.05, 4.69) is 10.3 Å². The van der Waals surface area contributed by atoms with Crippen molar-refractivity contribution in [2.45, 2.75) is 0 Å². The van der Waals surface area contributed by atoms with Gasteiger partial charge in [0.25, 0.3) is 5.91 Å². The lowest BCUT2D eigenvalue weighted by Gasteiger charge is -2.03. The van der Waals surface area contributed by atoms with E-state index in [0.717, 1.165) is 16.4 Å². The molecule has 0 unspecified atom stereocenters. The number of nitrogens with zero attached hydrogens (tertiary/aromatic N) is 2. The van der Waals surface area contributed by atoms with Gasteiger partial charge in [-0.2, -0.15) is 0 Å². The summed E-state index contributed by atoms with van der Waals surface area (Å²) in [5.74, 6) is 0.0220. The van der Waals surface area contributed by atoms with E-state index in [9.17, 15) is 4.79 Å². The van der Waals surface area contributed by atoms with Crippen LogP contribution in [0.5, 0.6) is 0 Å². The lowest BCUT2D eigenvalue weighted by Crippen LogP contribution is -2.10. The Bertz CT molecular complexity index is 964. The van der Waals surface area contributed by atoms with Crippen LogP contribution in [0.3, 0.4) is 0 Å². The van der Waals surface area contributed by atoms with Crippen molar-refractivity contribution in [3.05, 3.63) is 60.6 Å². The van der Waals surface area contributed by atoms with Gasteiger partial charge in [-0.25, -0.2) is 4.98 Å². The number of aromatic nitrogens is 2. The van der Waals surface area contributed by atoms with Crippen LogP contribution in [0.2, 0.25) is 0 Å². The third-order valence-electron chi connectivity index (χ3n) is 3.63. The number of hydrogen-bond donors (Lipinski definition) is 1. The molecule has 0 saturated carbocycles. The third-order valence-corrected chi connectivity index (χ3v) is 3.63. The number of imidazole rings is 1. The highest BCUT2D eigenvalue weighted by atomic mass is 16.3.